The fourth-order valence-corrected chi connectivity index (χ4v) is 2.64. The van der Waals surface area contributed by atoms with Gasteiger partial charge in [-0.05, 0) is 41.8 Å². The van der Waals surface area contributed by atoms with Gasteiger partial charge < -0.3 is 5.11 Å². The topological polar surface area (TPSA) is 74.7 Å². The lowest BCUT2D eigenvalue weighted by Gasteiger charge is -2.17. The lowest BCUT2D eigenvalue weighted by atomic mass is 9.99. The second-order valence-corrected chi connectivity index (χ2v) is 5.76. The Hall–Kier alpha value is -2.95. The number of hydrogen-bond donors (Lipinski definition) is 1. The Balaban J connectivity index is 2.14. The van der Waals surface area contributed by atoms with Crippen molar-refractivity contribution in [2.45, 2.75) is 19.8 Å². The predicted molar refractivity (Wildman–Crippen MR) is 85.1 cm³/mol. The summed E-state index contributed by atoms with van der Waals surface area (Å²) in [6.07, 6.45) is 0. The van der Waals surface area contributed by atoms with E-state index in [2.05, 4.69) is 0 Å². The van der Waals surface area contributed by atoms with Crippen molar-refractivity contribution in [3.05, 3.63) is 64.7 Å². The van der Waals surface area contributed by atoms with E-state index in [9.17, 15) is 19.5 Å². The monoisotopic (exact) mass is 309 g/mol. The molecule has 0 radical (unpaired) electrons. The molecule has 0 bridgehead atoms. The number of fused-ring (bicyclic) bond motifs is 1. The number of benzene rings is 2. The van der Waals surface area contributed by atoms with Crippen molar-refractivity contribution in [2.75, 3.05) is 4.90 Å². The average Bonchev–Trinajstić information content (AvgIpc) is 2.79. The van der Waals surface area contributed by atoms with E-state index in [-0.39, 0.29) is 11.5 Å². The first-order chi connectivity index (χ1) is 10.9. The molecular weight excluding hydrogens is 294 g/mol. The molecule has 1 N–H and O–H groups in total. The number of imide groups is 1. The van der Waals surface area contributed by atoms with Crippen LogP contribution in [0.15, 0.2) is 42.5 Å². The molecule has 2 aromatic carbocycles. The van der Waals surface area contributed by atoms with Gasteiger partial charge in [0.05, 0.1) is 22.4 Å². The minimum atomic E-state index is -1.09. The van der Waals surface area contributed by atoms with Gasteiger partial charge in [0.15, 0.2) is 0 Å². The molecule has 0 saturated carbocycles. The number of rotatable bonds is 3. The van der Waals surface area contributed by atoms with Gasteiger partial charge in [-0.2, -0.15) is 0 Å². The van der Waals surface area contributed by atoms with Crippen molar-refractivity contribution in [1.82, 2.24) is 0 Å². The Morgan fingerprint density at radius 3 is 2.04 bits per heavy atom. The largest absolute Gasteiger partial charge is 0.478 e. The van der Waals surface area contributed by atoms with Crippen LogP contribution in [0, 0.1) is 0 Å². The molecule has 1 aliphatic rings. The molecule has 5 nitrogen and oxygen atoms in total. The summed E-state index contributed by atoms with van der Waals surface area (Å²) in [6, 6.07) is 11.2. The van der Waals surface area contributed by atoms with Gasteiger partial charge >= 0.3 is 5.97 Å². The molecule has 1 aliphatic heterocycles. The van der Waals surface area contributed by atoms with Gasteiger partial charge in [0, 0.05) is 0 Å². The molecule has 0 aromatic heterocycles. The number of amides is 2. The van der Waals surface area contributed by atoms with Crippen molar-refractivity contribution >= 4 is 23.5 Å². The van der Waals surface area contributed by atoms with Gasteiger partial charge in [-0.15, -0.1) is 0 Å². The van der Waals surface area contributed by atoms with E-state index in [1.54, 1.807) is 36.4 Å². The first-order valence-corrected chi connectivity index (χ1v) is 7.26. The van der Waals surface area contributed by atoms with Crippen LogP contribution in [-0.2, 0) is 0 Å². The zero-order valence-corrected chi connectivity index (χ0v) is 12.7. The molecule has 0 spiro atoms. The molecular formula is C18H15NO4. The normalized spacial score (nSPS) is 13.6. The van der Waals surface area contributed by atoms with Crippen molar-refractivity contribution < 1.29 is 19.5 Å². The van der Waals surface area contributed by atoms with Crippen molar-refractivity contribution in [2.24, 2.45) is 0 Å². The van der Waals surface area contributed by atoms with Gasteiger partial charge in [-0.25, -0.2) is 9.69 Å². The highest BCUT2D eigenvalue weighted by Gasteiger charge is 2.36. The molecule has 2 amide bonds. The average molecular weight is 309 g/mol. The van der Waals surface area contributed by atoms with Gasteiger partial charge in [-0.1, -0.05) is 26.0 Å². The van der Waals surface area contributed by atoms with E-state index >= 15 is 0 Å². The fourth-order valence-electron chi connectivity index (χ4n) is 2.64. The van der Waals surface area contributed by atoms with E-state index in [0.717, 1.165) is 10.5 Å². The molecule has 0 aliphatic carbocycles. The van der Waals surface area contributed by atoms with Crippen molar-refractivity contribution in [3.8, 4) is 0 Å². The summed E-state index contributed by atoms with van der Waals surface area (Å²) in [5.74, 6) is -1.88. The van der Waals surface area contributed by atoms with Crippen LogP contribution in [0.1, 0.15) is 56.4 Å². The van der Waals surface area contributed by atoms with Crippen LogP contribution in [0.25, 0.3) is 0 Å². The Labute approximate surface area is 133 Å². The highest BCUT2D eigenvalue weighted by atomic mass is 16.4. The number of anilines is 1. The number of hydrogen-bond acceptors (Lipinski definition) is 3. The van der Waals surface area contributed by atoms with E-state index in [0.29, 0.717) is 16.8 Å². The third kappa shape index (κ3) is 2.40. The molecule has 0 unspecified atom stereocenters. The van der Waals surface area contributed by atoms with E-state index < -0.39 is 17.8 Å². The van der Waals surface area contributed by atoms with Crippen molar-refractivity contribution in [3.63, 3.8) is 0 Å². The smallest absolute Gasteiger partial charge is 0.335 e. The zero-order chi connectivity index (χ0) is 16.7. The van der Waals surface area contributed by atoms with Crippen LogP contribution in [-0.4, -0.2) is 22.9 Å². The molecule has 5 heteroatoms. The van der Waals surface area contributed by atoms with E-state index in [4.69, 9.17) is 0 Å². The lowest BCUT2D eigenvalue weighted by Crippen LogP contribution is -2.29. The predicted octanol–water partition coefficient (Wildman–Crippen LogP) is 3.31. The zero-order valence-electron chi connectivity index (χ0n) is 12.7. The van der Waals surface area contributed by atoms with Crippen LogP contribution in [0.4, 0.5) is 5.69 Å². The summed E-state index contributed by atoms with van der Waals surface area (Å²) in [5.41, 5.74) is 1.78. The molecule has 0 fully saturated rings. The number of nitrogens with zero attached hydrogens (tertiary/aromatic N) is 1. The number of aromatic carboxylic acids is 1. The standard InChI is InChI=1S/C18H15NO4/c1-10(2)11-7-12(18(22)23)9-13(8-11)19-16(20)14-5-3-4-6-15(14)17(19)21/h3-10H,1-2H3,(H,22,23). The number of carbonyl (C=O) groups is 3. The minimum absolute atomic E-state index is 0.0581. The molecule has 0 saturated heterocycles. The Bertz CT molecular complexity index is 804. The Morgan fingerprint density at radius 1 is 1.00 bits per heavy atom. The van der Waals surface area contributed by atoms with Crippen molar-refractivity contribution in [1.29, 1.82) is 0 Å². The second-order valence-electron chi connectivity index (χ2n) is 5.76. The van der Waals surface area contributed by atoms with Gasteiger partial charge in [0.25, 0.3) is 11.8 Å². The molecule has 0 atom stereocenters. The van der Waals surface area contributed by atoms with Gasteiger partial charge in [-0.3, -0.25) is 9.59 Å². The maximum atomic E-state index is 12.5. The summed E-state index contributed by atoms with van der Waals surface area (Å²) >= 11 is 0. The van der Waals surface area contributed by atoms with Crippen LogP contribution < -0.4 is 4.90 Å². The highest BCUT2D eigenvalue weighted by Crippen LogP contribution is 2.31. The number of carboxylic acid groups (broad SMARTS) is 1. The summed E-state index contributed by atoms with van der Waals surface area (Å²) in [4.78, 5) is 37.4. The first kappa shape index (κ1) is 15.0. The highest BCUT2D eigenvalue weighted by molar-refractivity contribution is 6.34. The molecule has 116 valence electrons. The number of carboxylic acids is 1. The van der Waals surface area contributed by atoms with Crippen LogP contribution >= 0.6 is 0 Å². The lowest BCUT2D eigenvalue weighted by molar-refractivity contribution is 0.0695. The molecule has 23 heavy (non-hydrogen) atoms. The molecule has 3 rings (SSSR count). The molecule has 2 aromatic rings. The fraction of sp³-hybridized carbons (Fsp3) is 0.167. The quantitative estimate of drug-likeness (QED) is 0.883. The first-order valence-electron chi connectivity index (χ1n) is 7.26. The number of carbonyl (C=O) groups excluding carboxylic acids is 2. The van der Waals surface area contributed by atoms with Gasteiger partial charge in [0.1, 0.15) is 0 Å². The molecule has 1 heterocycles. The minimum Gasteiger partial charge on any atom is -0.478 e. The summed E-state index contributed by atoms with van der Waals surface area (Å²) in [5, 5.41) is 9.28. The maximum Gasteiger partial charge on any atom is 0.335 e. The Kier molecular flexibility index (Phi) is 3.48. The van der Waals surface area contributed by atoms with E-state index in [1.165, 1.54) is 6.07 Å². The third-order valence-corrected chi connectivity index (χ3v) is 3.91. The second kappa shape index (κ2) is 5.35. The SMILES string of the molecule is CC(C)c1cc(C(=O)O)cc(N2C(=O)c3ccccc3C2=O)c1. The van der Waals surface area contributed by atoms with Crippen LogP contribution in [0.3, 0.4) is 0 Å². The maximum absolute atomic E-state index is 12.5. The van der Waals surface area contributed by atoms with Crippen LogP contribution in [0.2, 0.25) is 0 Å². The van der Waals surface area contributed by atoms with Gasteiger partial charge in [0.2, 0.25) is 0 Å². The summed E-state index contributed by atoms with van der Waals surface area (Å²) in [7, 11) is 0. The third-order valence-electron chi connectivity index (χ3n) is 3.91. The summed E-state index contributed by atoms with van der Waals surface area (Å²) < 4.78 is 0. The Morgan fingerprint density at radius 2 is 1.57 bits per heavy atom. The summed E-state index contributed by atoms with van der Waals surface area (Å²) in [6.45, 7) is 3.85. The van der Waals surface area contributed by atoms with E-state index in [1.807, 2.05) is 13.8 Å². The van der Waals surface area contributed by atoms with Crippen LogP contribution in [0.5, 0.6) is 0 Å².